The summed E-state index contributed by atoms with van der Waals surface area (Å²) in [6.07, 6.45) is 5.40. The molecule has 0 unspecified atom stereocenters. The lowest BCUT2D eigenvalue weighted by Gasteiger charge is -2.17. The van der Waals surface area contributed by atoms with E-state index in [0.717, 1.165) is 16.9 Å². The summed E-state index contributed by atoms with van der Waals surface area (Å²) in [6, 6.07) is 12.9. The Kier molecular flexibility index (Phi) is 5.86. The summed E-state index contributed by atoms with van der Waals surface area (Å²) in [5.74, 6) is 0.874. The van der Waals surface area contributed by atoms with E-state index >= 15 is 0 Å². The van der Waals surface area contributed by atoms with Crippen LogP contribution < -0.4 is 15.4 Å². The third kappa shape index (κ3) is 5.00. The summed E-state index contributed by atoms with van der Waals surface area (Å²) in [6.45, 7) is 2.29. The van der Waals surface area contributed by atoms with Gasteiger partial charge in [-0.1, -0.05) is 23.7 Å². The number of nitrogens with one attached hydrogen (secondary N) is 2. The van der Waals surface area contributed by atoms with Gasteiger partial charge < -0.3 is 15.4 Å². The molecule has 1 heterocycles. The molecule has 0 atom stereocenters. The predicted octanol–water partition coefficient (Wildman–Crippen LogP) is 3.81. The maximum absolute atomic E-state index is 12.6. The molecule has 2 amide bonds. The number of rotatable bonds is 7. The Morgan fingerprint density at radius 2 is 1.81 bits per heavy atom. The smallest absolute Gasteiger partial charge is 0.255 e. The van der Waals surface area contributed by atoms with Gasteiger partial charge in [-0.25, -0.2) is 9.97 Å². The fraction of sp³-hybridized carbons (Fsp3) is 0.217. The first-order chi connectivity index (χ1) is 14.9. The number of carbonyl (C=O) groups excluding carboxylic acids is 2. The van der Waals surface area contributed by atoms with E-state index in [2.05, 4.69) is 20.6 Å². The van der Waals surface area contributed by atoms with E-state index in [4.69, 9.17) is 16.3 Å². The Hall–Kier alpha value is -3.45. The molecule has 1 aliphatic carbocycles. The molecule has 1 aliphatic rings. The van der Waals surface area contributed by atoms with Gasteiger partial charge in [-0.2, -0.15) is 0 Å². The largest absolute Gasteiger partial charge is 0.457 e. The van der Waals surface area contributed by atoms with Crippen molar-refractivity contribution in [1.82, 2.24) is 20.6 Å². The molecule has 0 aliphatic heterocycles. The fourth-order valence-corrected chi connectivity index (χ4v) is 3.35. The molecule has 0 bridgehead atoms. The van der Waals surface area contributed by atoms with Gasteiger partial charge >= 0.3 is 0 Å². The second-order valence-electron chi connectivity index (χ2n) is 7.50. The van der Waals surface area contributed by atoms with Crippen LogP contribution in [0, 0.1) is 6.92 Å². The third-order valence-electron chi connectivity index (χ3n) is 5.10. The van der Waals surface area contributed by atoms with Crippen molar-refractivity contribution < 1.29 is 14.3 Å². The summed E-state index contributed by atoms with van der Waals surface area (Å²) in [4.78, 5) is 32.6. The van der Waals surface area contributed by atoms with E-state index in [1.54, 1.807) is 6.07 Å². The molecule has 0 spiro atoms. The van der Waals surface area contributed by atoms with E-state index in [9.17, 15) is 9.59 Å². The van der Waals surface area contributed by atoms with Crippen molar-refractivity contribution in [3.63, 3.8) is 0 Å². The van der Waals surface area contributed by atoms with E-state index in [1.807, 2.05) is 43.3 Å². The van der Waals surface area contributed by atoms with Gasteiger partial charge in [-0.3, -0.25) is 9.59 Å². The highest BCUT2D eigenvalue weighted by Gasteiger charge is 2.51. The Morgan fingerprint density at radius 3 is 2.45 bits per heavy atom. The first-order valence-corrected chi connectivity index (χ1v) is 10.2. The highest BCUT2D eigenvalue weighted by Crippen LogP contribution is 2.36. The second-order valence-corrected chi connectivity index (χ2v) is 7.94. The van der Waals surface area contributed by atoms with Gasteiger partial charge in [0.25, 0.3) is 5.91 Å². The Bertz CT molecular complexity index is 1100. The summed E-state index contributed by atoms with van der Waals surface area (Å²) >= 11 is 5.98. The number of amides is 2. The molecule has 1 fully saturated rings. The second kappa shape index (κ2) is 8.73. The highest BCUT2D eigenvalue weighted by atomic mass is 35.5. The average molecular weight is 437 g/mol. The van der Waals surface area contributed by atoms with Crippen molar-refractivity contribution in [3.8, 4) is 11.5 Å². The van der Waals surface area contributed by atoms with Crippen LogP contribution in [0.1, 0.15) is 34.3 Å². The van der Waals surface area contributed by atoms with E-state index in [1.165, 1.54) is 18.7 Å². The summed E-state index contributed by atoms with van der Waals surface area (Å²) in [5.41, 5.74) is 1.34. The predicted molar refractivity (Wildman–Crippen MR) is 116 cm³/mol. The van der Waals surface area contributed by atoms with Gasteiger partial charge in [0.15, 0.2) is 0 Å². The molecular formula is C23H21ClN4O3. The van der Waals surface area contributed by atoms with E-state index in [0.29, 0.717) is 35.7 Å². The van der Waals surface area contributed by atoms with Crippen LogP contribution in [0.25, 0.3) is 0 Å². The van der Waals surface area contributed by atoms with Crippen molar-refractivity contribution in [3.05, 3.63) is 82.9 Å². The molecule has 1 saturated carbocycles. The van der Waals surface area contributed by atoms with Gasteiger partial charge in [0.05, 0.1) is 5.56 Å². The Labute approximate surface area is 184 Å². The van der Waals surface area contributed by atoms with E-state index in [-0.39, 0.29) is 11.8 Å². The molecule has 1 aromatic heterocycles. The molecular weight excluding hydrogens is 416 g/mol. The summed E-state index contributed by atoms with van der Waals surface area (Å²) in [7, 11) is 0. The topological polar surface area (TPSA) is 93.2 Å². The third-order valence-corrected chi connectivity index (χ3v) is 5.34. The van der Waals surface area contributed by atoms with Crippen LogP contribution >= 0.6 is 11.6 Å². The molecule has 4 rings (SSSR count). The van der Waals surface area contributed by atoms with Gasteiger partial charge in [-0.15, -0.1) is 0 Å². The van der Waals surface area contributed by atoms with Crippen LogP contribution in [0.15, 0.2) is 61.2 Å². The van der Waals surface area contributed by atoms with Crippen molar-refractivity contribution in [2.24, 2.45) is 0 Å². The van der Waals surface area contributed by atoms with Gasteiger partial charge in [0.2, 0.25) is 5.91 Å². The molecule has 31 heavy (non-hydrogen) atoms. The molecule has 0 saturated heterocycles. The Balaban J connectivity index is 1.31. The minimum atomic E-state index is -0.859. The zero-order valence-electron chi connectivity index (χ0n) is 16.9. The standard InChI is InChI=1S/C23H21ClN4O3/c1-15-10-18(24)4-7-20(15)31-19-5-2-16(3-6-19)11-27-22(30)23(8-9-23)28-21(29)17-12-25-14-26-13-17/h2-7,10,12-14H,8-9,11H2,1H3,(H,27,30)(H,28,29). The first-order valence-electron chi connectivity index (χ1n) is 9.84. The van der Waals surface area contributed by atoms with Crippen molar-refractivity contribution in [2.75, 3.05) is 0 Å². The highest BCUT2D eigenvalue weighted by molar-refractivity contribution is 6.30. The van der Waals surface area contributed by atoms with Crippen LogP contribution in [0.3, 0.4) is 0 Å². The normalized spacial score (nSPS) is 13.9. The van der Waals surface area contributed by atoms with Gasteiger partial charge in [0, 0.05) is 24.0 Å². The van der Waals surface area contributed by atoms with Crippen LogP contribution in [0.4, 0.5) is 0 Å². The molecule has 0 radical (unpaired) electrons. The van der Waals surface area contributed by atoms with Crippen LogP contribution in [0.2, 0.25) is 5.02 Å². The van der Waals surface area contributed by atoms with Crippen LogP contribution in [-0.4, -0.2) is 27.3 Å². The Morgan fingerprint density at radius 1 is 1.10 bits per heavy atom. The number of ether oxygens (including phenoxy) is 1. The van der Waals surface area contributed by atoms with Crippen molar-refractivity contribution in [1.29, 1.82) is 0 Å². The monoisotopic (exact) mass is 436 g/mol. The maximum atomic E-state index is 12.6. The molecule has 2 aromatic carbocycles. The lowest BCUT2D eigenvalue weighted by atomic mass is 10.2. The van der Waals surface area contributed by atoms with Crippen LogP contribution in [-0.2, 0) is 11.3 Å². The minimum Gasteiger partial charge on any atom is -0.457 e. The molecule has 7 nitrogen and oxygen atoms in total. The molecule has 8 heteroatoms. The lowest BCUT2D eigenvalue weighted by molar-refractivity contribution is -0.124. The number of hydrogen-bond donors (Lipinski definition) is 2. The molecule has 2 N–H and O–H groups in total. The van der Waals surface area contributed by atoms with Gasteiger partial charge in [0.1, 0.15) is 23.4 Å². The number of aromatic nitrogens is 2. The summed E-state index contributed by atoms with van der Waals surface area (Å²) in [5, 5.41) is 6.37. The first kappa shape index (κ1) is 20.8. The van der Waals surface area contributed by atoms with E-state index < -0.39 is 5.54 Å². The number of hydrogen-bond acceptors (Lipinski definition) is 5. The number of benzene rings is 2. The number of nitrogens with zero attached hydrogens (tertiary/aromatic N) is 2. The zero-order chi connectivity index (χ0) is 21.8. The number of carbonyl (C=O) groups is 2. The fourth-order valence-electron chi connectivity index (χ4n) is 3.12. The number of aryl methyl sites for hydroxylation is 1. The van der Waals surface area contributed by atoms with Crippen molar-refractivity contribution >= 4 is 23.4 Å². The van der Waals surface area contributed by atoms with Crippen LogP contribution in [0.5, 0.6) is 11.5 Å². The molecule has 3 aromatic rings. The SMILES string of the molecule is Cc1cc(Cl)ccc1Oc1ccc(CNC(=O)C2(NC(=O)c3cncnc3)CC2)cc1. The quantitative estimate of drug-likeness (QED) is 0.587. The minimum absolute atomic E-state index is 0.199. The van der Waals surface area contributed by atoms with Gasteiger partial charge in [-0.05, 0) is 61.2 Å². The van der Waals surface area contributed by atoms with Crippen molar-refractivity contribution in [2.45, 2.75) is 31.8 Å². The zero-order valence-corrected chi connectivity index (χ0v) is 17.6. The average Bonchev–Trinajstić information content (AvgIpc) is 3.56. The maximum Gasteiger partial charge on any atom is 0.255 e. The summed E-state index contributed by atoms with van der Waals surface area (Å²) < 4.78 is 5.89. The number of halogens is 1. The lowest BCUT2D eigenvalue weighted by Crippen LogP contribution is -2.48. The molecule has 158 valence electrons.